The molecule has 0 saturated carbocycles. The van der Waals surface area contributed by atoms with E-state index in [4.69, 9.17) is 16.3 Å². The summed E-state index contributed by atoms with van der Waals surface area (Å²) in [5, 5.41) is 0.578. The van der Waals surface area contributed by atoms with E-state index in [1.807, 2.05) is 48.5 Å². The van der Waals surface area contributed by atoms with Gasteiger partial charge >= 0.3 is 0 Å². The summed E-state index contributed by atoms with van der Waals surface area (Å²) in [6.45, 7) is 3.38. The van der Waals surface area contributed by atoms with Crippen molar-refractivity contribution in [3.8, 4) is 5.75 Å². The normalized spacial score (nSPS) is 18.8. The molecule has 5 heteroatoms. The third-order valence-electron chi connectivity index (χ3n) is 7.05. The van der Waals surface area contributed by atoms with Crippen molar-refractivity contribution in [3.05, 3.63) is 87.2 Å². The molecule has 2 aliphatic carbocycles. The van der Waals surface area contributed by atoms with Crippen molar-refractivity contribution >= 4 is 23.2 Å². The number of benzene rings is 2. The van der Waals surface area contributed by atoms with E-state index in [0.717, 1.165) is 72.3 Å². The van der Waals surface area contributed by atoms with Gasteiger partial charge < -0.3 is 9.64 Å². The predicted octanol–water partition coefficient (Wildman–Crippen LogP) is 6.74. The highest BCUT2D eigenvalue weighted by Crippen LogP contribution is 2.51. The number of hydrogen-bond donors (Lipinski definition) is 0. The van der Waals surface area contributed by atoms with E-state index >= 15 is 0 Å². The molecule has 34 heavy (non-hydrogen) atoms. The standard InChI is InChI=1S/C29H30ClNO3/c1-2-16-31-22-10-6-12-24(32)28(22)27(29-23(31)11-7-13-25(29)33)21-17-20(30)14-15-26(21)34-18-19-8-4-3-5-9-19/h3-5,8-9,14-15,17,27H,2,6-7,10-13,16,18H2,1H3. The van der Waals surface area contributed by atoms with Crippen LogP contribution in [0.4, 0.5) is 0 Å². The predicted molar refractivity (Wildman–Crippen MR) is 134 cm³/mol. The number of allylic oxidation sites excluding steroid dienone is 4. The van der Waals surface area contributed by atoms with Crippen LogP contribution in [0.1, 0.15) is 68.9 Å². The highest BCUT2D eigenvalue weighted by molar-refractivity contribution is 6.30. The molecule has 0 amide bonds. The van der Waals surface area contributed by atoms with Gasteiger partial charge in [0.25, 0.3) is 0 Å². The van der Waals surface area contributed by atoms with Gasteiger partial charge in [-0.3, -0.25) is 9.59 Å². The van der Waals surface area contributed by atoms with E-state index in [1.54, 1.807) is 0 Å². The van der Waals surface area contributed by atoms with Crippen molar-refractivity contribution in [3.63, 3.8) is 0 Å². The molecule has 1 heterocycles. The number of ketones is 2. The molecule has 2 aromatic rings. The Morgan fingerprint density at radius 3 is 2.18 bits per heavy atom. The highest BCUT2D eigenvalue weighted by atomic mass is 35.5. The Hall–Kier alpha value is -2.85. The quantitative estimate of drug-likeness (QED) is 0.464. The number of carbonyl (C=O) groups is 2. The lowest BCUT2D eigenvalue weighted by molar-refractivity contribution is -0.117. The number of halogens is 1. The molecule has 3 aliphatic rings. The first-order valence-electron chi connectivity index (χ1n) is 12.3. The van der Waals surface area contributed by atoms with Crippen molar-refractivity contribution in [1.82, 2.24) is 4.90 Å². The number of hydrogen-bond acceptors (Lipinski definition) is 4. The first-order valence-corrected chi connectivity index (χ1v) is 12.7. The average Bonchev–Trinajstić information content (AvgIpc) is 2.85. The fourth-order valence-electron chi connectivity index (χ4n) is 5.63. The smallest absolute Gasteiger partial charge is 0.161 e. The third-order valence-corrected chi connectivity index (χ3v) is 7.29. The molecule has 0 fully saturated rings. The van der Waals surface area contributed by atoms with E-state index in [9.17, 15) is 9.59 Å². The second-order valence-corrected chi connectivity index (χ2v) is 9.75. The zero-order valence-electron chi connectivity index (χ0n) is 19.6. The second kappa shape index (κ2) is 9.79. The molecule has 0 aromatic heterocycles. The molecular formula is C29H30ClNO3. The largest absolute Gasteiger partial charge is 0.489 e. The first kappa shape index (κ1) is 22.9. The van der Waals surface area contributed by atoms with Crippen LogP contribution in [-0.2, 0) is 16.2 Å². The van der Waals surface area contributed by atoms with E-state index in [1.165, 1.54) is 0 Å². The summed E-state index contributed by atoms with van der Waals surface area (Å²) in [6, 6.07) is 15.6. The van der Waals surface area contributed by atoms with Gasteiger partial charge in [0.15, 0.2) is 11.6 Å². The van der Waals surface area contributed by atoms with Gasteiger partial charge in [-0.1, -0.05) is 48.9 Å². The minimum Gasteiger partial charge on any atom is -0.489 e. The SMILES string of the molecule is CCCN1C2=C(C(=O)CCC2)C(c2cc(Cl)ccc2OCc2ccccc2)C2=C1CCCC2=O. The van der Waals surface area contributed by atoms with E-state index < -0.39 is 5.92 Å². The van der Waals surface area contributed by atoms with Crippen LogP contribution in [0, 0.1) is 0 Å². The molecule has 0 spiro atoms. The molecule has 0 saturated heterocycles. The molecule has 176 valence electrons. The van der Waals surface area contributed by atoms with Crippen LogP contribution in [0.25, 0.3) is 0 Å². The summed E-state index contributed by atoms with van der Waals surface area (Å²) in [4.78, 5) is 29.1. The Kier molecular flexibility index (Phi) is 6.60. The Morgan fingerprint density at radius 1 is 0.912 bits per heavy atom. The molecule has 0 N–H and O–H groups in total. The van der Waals surface area contributed by atoms with Gasteiger partial charge in [-0.15, -0.1) is 0 Å². The van der Waals surface area contributed by atoms with Gasteiger partial charge in [0, 0.05) is 58.4 Å². The fraction of sp³-hybridized carbons (Fsp3) is 0.379. The highest BCUT2D eigenvalue weighted by Gasteiger charge is 2.44. The van der Waals surface area contributed by atoms with Gasteiger partial charge in [-0.25, -0.2) is 0 Å². The molecule has 0 radical (unpaired) electrons. The Bertz CT molecular complexity index is 1140. The number of ether oxygens (including phenoxy) is 1. The van der Waals surface area contributed by atoms with Gasteiger partial charge in [-0.05, 0) is 55.9 Å². The third kappa shape index (κ3) is 4.20. The zero-order valence-corrected chi connectivity index (χ0v) is 20.4. The Labute approximate surface area is 206 Å². The Balaban J connectivity index is 1.66. The van der Waals surface area contributed by atoms with Gasteiger partial charge in [0.2, 0.25) is 0 Å². The summed E-state index contributed by atoms with van der Waals surface area (Å²) in [5.74, 6) is 0.554. The molecule has 0 unspecified atom stereocenters. The van der Waals surface area contributed by atoms with Crippen molar-refractivity contribution in [2.24, 2.45) is 0 Å². The fourth-order valence-corrected chi connectivity index (χ4v) is 5.81. The van der Waals surface area contributed by atoms with Crippen LogP contribution in [-0.4, -0.2) is 23.0 Å². The number of rotatable bonds is 6. The maximum absolute atomic E-state index is 13.4. The summed E-state index contributed by atoms with van der Waals surface area (Å²) in [7, 11) is 0. The molecule has 4 nitrogen and oxygen atoms in total. The first-order chi connectivity index (χ1) is 16.6. The molecular weight excluding hydrogens is 446 g/mol. The van der Waals surface area contributed by atoms with Gasteiger partial charge in [0.1, 0.15) is 12.4 Å². The van der Waals surface area contributed by atoms with Crippen molar-refractivity contribution in [2.45, 2.75) is 64.4 Å². The van der Waals surface area contributed by atoms with Crippen molar-refractivity contribution in [1.29, 1.82) is 0 Å². The minimum absolute atomic E-state index is 0.145. The van der Waals surface area contributed by atoms with E-state index in [2.05, 4.69) is 11.8 Å². The average molecular weight is 476 g/mol. The van der Waals surface area contributed by atoms with E-state index in [-0.39, 0.29) is 11.6 Å². The van der Waals surface area contributed by atoms with Gasteiger partial charge in [-0.2, -0.15) is 0 Å². The molecule has 2 aromatic carbocycles. The molecule has 5 rings (SSSR count). The summed E-state index contributed by atoms with van der Waals surface area (Å²) in [6.07, 6.45) is 5.44. The maximum atomic E-state index is 13.4. The monoisotopic (exact) mass is 475 g/mol. The van der Waals surface area contributed by atoms with Crippen LogP contribution >= 0.6 is 11.6 Å². The van der Waals surface area contributed by atoms with Crippen LogP contribution < -0.4 is 4.74 Å². The number of carbonyl (C=O) groups excluding carboxylic acids is 2. The van der Waals surface area contributed by atoms with Crippen LogP contribution in [0.15, 0.2) is 71.1 Å². The number of Topliss-reactive ketones (excluding diaryl/α,β-unsaturated/α-hetero) is 2. The van der Waals surface area contributed by atoms with Crippen molar-refractivity contribution in [2.75, 3.05) is 6.54 Å². The summed E-state index contributed by atoms with van der Waals surface area (Å²) >= 11 is 6.49. The zero-order chi connectivity index (χ0) is 23.7. The topological polar surface area (TPSA) is 46.6 Å². The van der Waals surface area contributed by atoms with Crippen molar-refractivity contribution < 1.29 is 14.3 Å². The van der Waals surface area contributed by atoms with Gasteiger partial charge in [0.05, 0.1) is 0 Å². The maximum Gasteiger partial charge on any atom is 0.161 e. The number of nitrogens with zero attached hydrogens (tertiary/aromatic N) is 1. The van der Waals surface area contributed by atoms with Crippen LogP contribution in [0.3, 0.4) is 0 Å². The lowest BCUT2D eigenvalue weighted by atomic mass is 9.70. The van der Waals surface area contributed by atoms with Crippen LogP contribution in [0.5, 0.6) is 5.75 Å². The van der Waals surface area contributed by atoms with Crippen LogP contribution in [0.2, 0.25) is 5.02 Å². The summed E-state index contributed by atoms with van der Waals surface area (Å²) < 4.78 is 6.30. The molecule has 0 atom stereocenters. The lowest BCUT2D eigenvalue weighted by Gasteiger charge is -2.44. The molecule has 0 bridgehead atoms. The minimum atomic E-state index is -0.414. The molecule has 1 aliphatic heterocycles. The second-order valence-electron chi connectivity index (χ2n) is 9.32. The van der Waals surface area contributed by atoms with E-state index in [0.29, 0.717) is 30.2 Å². The lowest BCUT2D eigenvalue weighted by Crippen LogP contribution is -2.39. The summed E-state index contributed by atoms with van der Waals surface area (Å²) in [5.41, 5.74) is 5.64. The Morgan fingerprint density at radius 2 is 1.56 bits per heavy atom.